The van der Waals surface area contributed by atoms with Gasteiger partial charge in [0.25, 0.3) is 0 Å². The van der Waals surface area contributed by atoms with Gasteiger partial charge in [0, 0.05) is 18.4 Å². The van der Waals surface area contributed by atoms with Crippen LogP contribution in [0, 0.1) is 0 Å². The van der Waals surface area contributed by atoms with Gasteiger partial charge in [-0.15, -0.1) is 0 Å². The standard InChI is InChI=1S/C12H13BrClN3/c1-8(2)16-12-15-6-7-17(12)10-5-3-4-9(14)11(10)13/h3-8H,1-2H3,(H,15,16). The molecule has 3 nitrogen and oxygen atoms in total. The Balaban J connectivity index is 2.46. The van der Waals surface area contributed by atoms with Crippen LogP contribution in [-0.2, 0) is 0 Å². The number of halogens is 2. The molecule has 2 aromatic rings. The largest absolute Gasteiger partial charge is 0.353 e. The maximum atomic E-state index is 6.09. The summed E-state index contributed by atoms with van der Waals surface area (Å²) in [5, 5.41) is 3.97. The fraction of sp³-hybridized carbons (Fsp3) is 0.250. The predicted molar refractivity (Wildman–Crippen MR) is 75.0 cm³/mol. The van der Waals surface area contributed by atoms with Crippen LogP contribution in [0.25, 0.3) is 5.69 Å². The first-order valence-corrected chi connectivity index (χ1v) is 6.51. The lowest BCUT2D eigenvalue weighted by Gasteiger charge is -2.13. The summed E-state index contributed by atoms with van der Waals surface area (Å²) in [5.41, 5.74) is 0.971. The maximum absolute atomic E-state index is 6.09. The highest BCUT2D eigenvalue weighted by Crippen LogP contribution is 2.30. The van der Waals surface area contributed by atoms with Crippen molar-refractivity contribution in [2.45, 2.75) is 19.9 Å². The van der Waals surface area contributed by atoms with E-state index < -0.39 is 0 Å². The topological polar surface area (TPSA) is 29.9 Å². The third-order valence-corrected chi connectivity index (χ3v) is 3.63. The average Bonchev–Trinajstić information content (AvgIpc) is 2.69. The molecule has 1 N–H and O–H groups in total. The molecule has 2 rings (SSSR count). The fourth-order valence-corrected chi connectivity index (χ4v) is 2.17. The number of rotatable bonds is 3. The first-order chi connectivity index (χ1) is 8.09. The molecule has 90 valence electrons. The molecule has 1 aromatic heterocycles. The van der Waals surface area contributed by atoms with Crippen molar-refractivity contribution in [3.05, 3.63) is 40.1 Å². The minimum absolute atomic E-state index is 0.328. The fourth-order valence-electron chi connectivity index (χ4n) is 1.54. The molecule has 0 saturated carbocycles. The number of anilines is 1. The zero-order valence-corrected chi connectivity index (χ0v) is 12.0. The Kier molecular flexibility index (Phi) is 3.74. The van der Waals surface area contributed by atoms with Crippen molar-refractivity contribution >= 4 is 33.5 Å². The number of nitrogens with one attached hydrogen (secondary N) is 1. The average molecular weight is 315 g/mol. The van der Waals surface area contributed by atoms with Crippen molar-refractivity contribution in [2.75, 3.05) is 5.32 Å². The zero-order chi connectivity index (χ0) is 12.4. The Morgan fingerprint density at radius 1 is 1.41 bits per heavy atom. The normalized spacial score (nSPS) is 10.9. The highest BCUT2D eigenvalue weighted by atomic mass is 79.9. The third kappa shape index (κ3) is 2.64. The number of hydrogen-bond acceptors (Lipinski definition) is 2. The summed E-state index contributed by atoms with van der Waals surface area (Å²) in [6.07, 6.45) is 3.67. The van der Waals surface area contributed by atoms with Crippen molar-refractivity contribution in [2.24, 2.45) is 0 Å². The van der Waals surface area contributed by atoms with E-state index in [1.807, 2.05) is 29.0 Å². The van der Waals surface area contributed by atoms with E-state index in [2.05, 4.69) is 40.1 Å². The van der Waals surface area contributed by atoms with Gasteiger partial charge in [-0.2, -0.15) is 0 Å². The minimum Gasteiger partial charge on any atom is -0.353 e. The van der Waals surface area contributed by atoms with Gasteiger partial charge >= 0.3 is 0 Å². The zero-order valence-electron chi connectivity index (χ0n) is 9.61. The summed E-state index contributed by atoms with van der Waals surface area (Å²) < 4.78 is 2.84. The lowest BCUT2D eigenvalue weighted by Crippen LogP contribution is -2.14. The summed E-state index contributed by atoms with van der Waals surface area (Å²) in [6.45, 7) is 4.15. The highest BCUT2D eigenvalue weighted by molar-refractivity contribution is 9.10. The summed E-state index contributed by atoms with van der Waals surface area (Å²) in [5.74, 6) is 0.808. The lowest BCUT2D eigenvalue weighted by atomic mass is 10.3. The van der Waals surface area contributed by atoms with E-state index in [1.165, 1.54) is 0 Å². The van der Waals surface area contributed by atoms with Gasteiger partial charge in [0.15, 0.2) is 0 Å². The molecule has 1 heterocycles. The molecular weight excluding hydrogens is 302 g/mol. The molecule has 5 heteroatoms. The SMILES string of the molecule is CC(C)Nc1nccn1-c1cccc(Cl)c1Br. The minimum atomic E-state index is 0.328. The van der Waals surface area contributed by atoms with E-state index in [-0.39, 0.29) is 0 Å². The smallest absolute Gasteiger partial charge is 0.207 e. The van der Waals surface area contributed by atoms with Crippen LogP contribution < -0.4 is 5.32 Å². The maximum Gasteiger partial charge on any atom is 0.207 e. The highest BCUT2D eigenvalue weighted by Gasteiger charge is 2.10. The van der Waals surface area contributed by atoms with Gasteiger partial charge in [-0.1, -0.05) is 17.7 Å². The van der Waals surface area contributed by atoms with Crippen molar-refractivity contribution in [3.8, 4) is 5.69 Å². The van der Waals surface area contributed by atoms with Crippen LogP contribution in [0.1, 0.15) is 13.8 Å². The Morgan fingerprint density at radius 2 is 2.18 bits per heavy atom. The lowest BCUT2D eigenvalue weighted by molar-refractivity contribution is 0.863. The summed E-state index contributed by atoms with van der Waals surface area (Å²) in [6, 6.07) is 6.08. The van der Waals surface area contributed by atoms with E-state index in [1.54, 1.807) is 6.20 Å². The monoisotopic (exact) mass is 313 g/mol. The molecule has 0 radical (unpaired) electrons. The Labute approximate surface area is 114 Å². The third-order valence-electron chi connectivity index (χ3n) is 2.25. The van der Waals surface area contributed by atoms with Gasteiger partial charge in [0.1, 0.15) is 0 Å². The first kappa shape index (κ1) is 12.5. The van der Waals surface area contributed by atoms with E-state index in [4.69, 9.17) is 11.6 Å². The van der Waals surface area contributed by atoms with Crippen LogP contribution in [-0.4, -0.2) is 15.6 Å². The van der Waals surface area contributed by atoms with Crippen molar-refractivity contribution < 1.29 is 0 Å². The Hall–Kier alpha value is -1.000. The van der Waals surface area contributed by atoms with E-state index in [0.29, 0.717) is 11.1 Å². The van der Waals surface area contributed by atoms with Crippen LogP contribution in [0.4, 0.5) is 5.95 Å². The van der Waals surface area contributed by atoms with E-state index in [0.717, 1.165) is 16.1 Å². The van der Waals surface area contributed by atoms with E-state index in [9.17, 15) is 0 Å². The Bertz CT molecular complexity index is 522. The first-order valence-electron chi connectivity index (χ1n) is 5.34. The van der Waals surface area contributed by atoms with Gasteiger partial charge in [0.2, 0.25) is 5.95 Å². The van der Waals surface area contributed by atoms with Crippen LogP contribution in [0.15, 0.2) is 35.1 Å². The molecular formula is C12H13BrClN3. The van der Waals surface area contributed by atoms with Crippen LogP contribution in [0.2, 0.25) is 5.02 Å². The second kappa shape index (κ2) is 5.10. The van der Waals surface area contributed by atoms with Crippen molar-refractivity contribution in [1.29, 1.82) is 0 Å². The van der Waals surface area contributed by atoms with Crippen molar-refractivity contribution in [1.82, 2.24) is 9.55 Å². The van der Waals surface area contributed by atoms with Crippen LogP contribution in [0.5, 0.6) is 0 Å². The molecule has 0 unspecified atom stereocenters. The second-order valence-corrected chi connectivity index (χ2v) is 5.19. The molecule has 0 fully saturated rings. The molecule has 0 amide bonds. The number of imidazole rings is 1. The van der Waals surface area contributed by atoms with E-state index >= 15 is 0 Å². The van der Waals surface area contributed by atoms with Gasteiger partial charge in [-0.05, 0) is 41.9 Å². The number of hydrogen-bond donors (Lipinski definition) is 1. The molecule has 0 saturated heterocycles. The quantitative estimate of drug-likeness (QED) is 0.924. The molecule has 17 heavy (non-hydrogen) atoms. The molecule has 0 bridgehead atoms. The van der Waals surface area contributed by atoms with Gasteiger partial charge in [-0.25, -0.2) is 4.98 Å². The summed E-state index contributed by atoms with van der Waals surface area (Å²) >= 11 is 9.58. The Morgan fingerprint density at radius 3 is 2.88 bits per heavy atom. The van der Waals surface area contributed by atoms with Crippen LogP contribution in [0.3, 0.4) is 0 Å². The summed E-state index contributed by atoms with van der Waals surface area (Å²) in [7, 11) is 0. The molecule has 0 atom stereocenters. The molecule has 0 aliphatic heterocycles. The summed E-state index contributed by atoms with van der Waals surface area (Å²) in [4.78, 5) is 4.29. The number of aromatic nitrogens is 2. The molecule has 0 aliphatic rings. The second-order valence-electron chi connectivity index (χ2n) is 3.99. The van der Waals surface area contributed by atoms with Gasteiger partial charge in [0.05, 0.1) is 15.2 Å². The van der Waals surface area contributed by atoms with Crippen molar-refractivity contribution in [3.63, 3.8) is 0 Å². The number of nitrogens with zero attached hydrogens (tertiary/aromatic N) is 2. The van der Waals surface area contributed by atoms with Crippen LogP contribution >= 0.6 is 27.5 Å². The molecule has 0 spiro atoms. The molecule has 1 aromatic carbocycles. The van der Waals surface area contributed by atoms with Gasteiger partial charge < -0.3 is 5.32 Å². The number of benzene rings is 1. The van der Waals surface area contributed by atoms with Gasteiger partial charge in [-0.3, -0.25) is 4.57 Å². The predicted octanol–water partition coefficient (Wildman–Crippen LogP) is 4.11. The molecule has 0 aliphatic carbocycles.